The highest BCUT2D eigenvalue weighted by molar-refractivity contribution is 9.10. The lowest BCUT2D eigenvalue weighted by atomic mass is 9.89. The Bertz CT molecular complexity index is 644. The van der Waals surface area contributed by atoms with E-state index in [1.807, 2.05) is 43.3 Å². The van der Waals surface area contributed by atoms with E-state index in [0.717, 1.165) is 21.5 Å². The van der Waals surface area contributed by atoms with Crippen LogP contribution in [-0.4, -0.2) is 13.2 Å². The van der Waals surface area contributed by atoms with Crippen molar-refractivity contribution in [2.24, 2.45) is 5.73 Å². The van der Waals surface area contributed by atoms with E-state index in [2.05, 4.69) is 22.0 Å². The van der Waals surface area contributed by atoms with Gasteiger partial charge in [0.05, 0.1) is 13.2 Å². The van der Waals surface area contributed by atoms with E-state index in [9.17, 15) is 0 Å². The minimum absolute atomic E-state index is 0.148. The van der Waals surface area contributed by atoms with Crippen molar-refractivity contribution in [2.45, 2.75) is 18.9 Å². The van der Waals surface area contributed by atoms with Gasteiger partial charge in [-0.25, -0.2) is 0 Å². The molecule has 21 heavy (non-hydrogen) atoms. The molecular formula is C17H18BrNO2. The fourth-order valence-electron chi connectivity index (χ4n) is 2.77. The molecule has 0 spiro atoms. The summed E-state index contributed by atoms with van der Waals surface area (Å²) in [6.45, 7) is 3.21. The molecule has 2 aromatic rings. The van der Waals surface area contributed by atoms with Crippen LogP contribution in [0.5, 0.6) is 11.5 Å². The van der Waals surface area contributed by atoms with Crippen LogP contribution in [-0.2, 0) is 0 Å². The van der Waals surface area contributed by atoms with E-state index in [1.165, 1.54) is 5.56 Å². The van der Waals surface area contributed by atoms with Gasteiger partial charge in [-0.05, 0) is 31.2 Å². The molecular weight excluding hydrogens is 330 g/mol. The highest BCUT2D eigenvalue weighted by Gasteiger charge is 2.31. The molecule has 0 saturated heterocycles. The fourth-order valence-corrected chi connectivity index (χ4v) is 3.15. The van der Waals surface area contributed by atoms with Crippen LogP contribution in [0.2, 0.25) is 0 Å². The summed E-state index contributed by atoms with van der Waals surface area (Å²) < 4.78 is 12.5. The van der Waals surface area contributed by atoms with E-state index >= 15 is 0 Å². The molecule has 1 aliphatic rings. The van der Waals surface area contributed by atoms with Crippen molar-refractivity contribution in [1.82, 2.24) is 0 Å². The van der Waals surface area contributed by atoms with Crippen molar-refractivity contribution in [1.29, 1.82) is 0 Å². The lowest BCUT2D eigenvalue weighted by Gasteiger charge is -2.22. The van der Waals surface area contributed by atoms with Gasteiger partial charge in [0.2, 0.25) is 0 Å². The molecule has 0 bridgehead atoms. The van der Waals surface area contributed by atoms with Crippen molar-refractivity contribution < 1.29 is 9.47 Å². The Hall–Kier alpha value is -1.52. The van der Waals surface area contributed by atoms with Crippen molar-refractivity contribution >= 4 is 15.9 Å². The predicted octanol–water partition coefficient (Wildman–Crippen LogP) is 4.02. The normalized spacial score (nSPS) is 18.0. The summed E-state index contributed by atoms with van der Waals surface area (Å²) in [7, 11) is 0. The van der Waals surface area contributed by atoms with Crippen molar-refractivity contribution in [2.75, 3.05) is 13.2 Å². The van der Waals surface area contributed by atoms with Crippen LogP contribution >= 0.6 is 15.9 Å². The maximum absolute atomic E-state index is 6.53. The molecule has 2 N–H and O–H groups in total. The molecule has 110 valence electrons. The van der Waals surface area contributed by atoms with Gasteiger partial charge in [0.15, 0.2) is 0 Å². The predicted molar refractivity (Wildman–Crippen MR) is 86.9 cm³/mol. The molecule has 2 unspecified atom stereocenters. The van der Waals surface area contributed by atoms with Gasteiger partial charge in [0.1, 0.15) is 11.5 Å². The number of ether oxygens (including phenoxy) is 2. The molecule has 3 nitrogen and oxygen atoms in total. The highest BCUT2D eigenvalue weighted by Crippen LogP contribution is 2.42. The molecule has 2 aromatic carbocycles. The number of para-hydroxylation sites is 1. The Balaban J connectivity index is 1.96. The molecule has 1 aliphatic heterocycles. The Labute approximate surface area is 133 Å². The van der Waals surface area contributed by atoms with Crippen LogP contribution in [0.3, 0.4) is 0 Å². The van der Waals surface area contributed by atoms with Crippen molar-refractivity contribution in [3.8, 4) is 11.5 Å². The average Bonchev–Trinajstić information content (AvgIpc) is 2.92. The third-order valence-corrected chi connectivity index (χ3v) is 4.29. The van der Waals surface area contributed by atoms with Gasteiger partial charge in [-0.15, -0.1) is 0 Å². The van der Waals surface area contributed by atoms with Gasteiger partial charge in [0, 0.05) is 27.6 Å². The van der Waals surface area contributed by atoms with E-state index in [0.29, 0.717) is 13.2 Å². The smallest absolute Gasteiger partial charge is 0.124 e. The Morgan fingerprint density at radius 2 is 2.14 bits per heavy atom. The minimum atomic E-state index is -0.160. The van der Waals surface area contributed by atoms with Gasteiger partial charge in [0.25, 0.3) is 0 Å². The first-order chi connectivity index (χ1) is 10.2. The zero-order valence-corrected chi connectivity index (χ0v) is 13.5. The lowest BCUT2D eigenvalue weighted by Crippen LogP contribution is -2.22. The maximum atomic E-state index is 6.53. The van der Waals surface area contributed by atoms with Crippen LogP contribution < -0.4 is 15.2 Å². The monoisotopic (exact) mass is 347 g/mol. The minimum Gasteiger partial charge on any atom is -0.494 e. The number of rotatable bonds is 4. The number of benzene rings is 2. The summed E-state index contributed by atoms with van der Waals surface area (Å²) in [6, 6.07) is 13.9. The van der Waals surface area contributed by atoms with Crippen LogP contribution in [0.25, 0.3) is 0 Å². The summed E-state index contributed by atoms with van der Waals surface area (Å²) in [5.41, 5.74) is 8.72. The Kier molecular flexibility index (Phi) is 4.17. The van der Waals surface area contributed by atoms with Gasteiger partial charge >= 0.3 is 0 Å². The van der Waals surface area contributed by atoms with E-state index < -0.39 is 0 Å². The summed E-state index contributed by atoms with van der Waals surface area (Å²) in [5, 5.41) is 0. The van der Waals surface area contributed by atoms with Crippen molar-refractivity contribution in [3.05, 3.63) is 58.1 Å². The molecule has 1 heterocycles. The molecule has 4 heteroatoms. The first kappa shape index (κ1) is 14.4. The molecule has 2 atom stereocenters. The average molecular weight is 348 g/mol. The second-order valence-corrected chi connectivity index (χ2v) is 6.01. The van der Waals surface area contributed by atoms with Gasteiger partial charge in [-0.3, -0.25) is 0 Å². The summed E-state index contributed by atoms with van der Waals surface area (Å²) in [5.74, 6) is 1.93. The Morgan fingerprint density at radius 3 is 2.95 bits per heavy atom. The first-order valence-electron chi connectivity index (χ1n) is 7.10. The topological polar surface area (TPSA) is 44.5 Å². The van der Waals surface area contributed by atoms with Gasteiger partial charge in [-0.2, -0.15) is 0 Å². The number of hydrogen-bond acceptors (Lipinski definition) is 3. The van der Waals surface area contributed by atoms with Crippen molar-refractivity contribution in [3.63, 3.8) is 0 Å². The molecule has 3 rings (SSSR count). The molecule has 0 amide bonds. The summed E-state index contributed by atoms with van der Waals surface area (Å²) in [4.78, 5) is 0. The summed E-state index contributed by atoms with van der Waals surface area (Å²) in [6.07, 6.45) is 0. The summed E-state index contributed by atoms with van der Waals surface area (Å²) >= 11 is 3.51. The SMILES string of the molecule is CCOc1ccc(Br)cc1C(N)C1COc2ccccc21. The van der Waals surface area contributed by atoms with E-state index in [-0.39, 0.29) is 12.0 Å². The number of nitrogens with two attached hydrogens (primary N) is 1. The largest absolute Gasteiger partial charge is 0.494 e. The zero-order chi connectivity index (χ0) is 14.8. The maximum Gasteiger partial charge on any atom is 0.124 e. The Morgan fingerprint density at radius 1 is 1.33 bits per heavy atom. The highest BCUT2D eigenvalue weighted by atomic mass is 79.9. The zero-order valence-electron chi connectivity index (χ0n) is 11.9. The lowest BCUT2D eigenvalue weighted by molar-refractivity contribution is 0.306. The quantitative estimate of drug-likeness (QED) is 0.908. The van der Waals surface area contributed by atoms with Crippen LogP contribution in [0.1, 0.15) is 30.0 Å². The van der Waals surface area contributed by atoms with E-state index in [4.69, 9.17) is 15.2 Å². The third kappa shape index (κ3) is 2.78. The van der Waals surface area contributed by atoms with E-state index in [1.54, 1.807) is 0 Å². The molecule has 0 radical (unpaired) electrons. The number of hydrogen-bond donors (Lipinski definition) is 1. The fraction of sp³-hybridized carbons (Fsp3) is 0.294. The standard InChI is InChI=1S/C17H18BrNO2/c1-2-20-16-8-7-11(18)9-13(16)17(19)14-10-21-15-6-4-3-5-12(14)15/h3-9,14,17H,2,10,19H2,1H3. The van der Waals surface area contributed by atoms with Gasteiger partial charge in [-0.1, -0.05) is 34.1 Å². The molecule has 0 saturated carbocycles. The first-order valence-corrected chi connectivity index (χ1v) is 7.89. The molecule has 0 aliphatic carbocycles. The number of halogens is 1. The van der Waals surface area contributed by atoms with Gasteiger partial charge < -0.3 is 15.2 Å². The van der Waals surface area contributed by atoms with Crippen LogP contribution in [0.4, 0.5) is 0 Å². The molecule has 0 aromatic heterocycles. The number of fused-ring (bicyclic) bond motifs is 1. The second kappa shape index (κ2) is 6.08. The van der Waals surface area contributed by atoms with Crippen LogP contribution in [0, 0.1) is 0 Å². The second-order valence-electron chi connectivity index (χ2n) is 5.10. The van der Waals surface area contributed by atoms with Crippen LogP contribution in [0.15, 0.2) is 46.9 Å². The molecule has 0 fully saturated rings. The third-order valence-electron chi connectivity index (χ3n) is 3.80.